The second kappa shape index (κ2) is 3.50. The third-order valence-electron chi connectivity index (χ3n) is 2.12. The van der Waals surface area contributed by atoms with Gasteiger partial charge in [-0.2, -0.15) is 12.6 Å². The minimum Gasteiger partial charge on any atom is -0.172 e. The maximum absolute atomic E-state index is 4.55. The van der Waals surface area contributed by atoms with Gasteiger partial charge in [-0.15, -0.1) is 0 Å². The molecule has 9 heavy (non-hydrogen) atoms. The SMILES string of the molecule is [CH2]CC(S)(CC)C(C)C. The van der Waals surface area contributed by atoms with Crippen LogP contribution in [0.3, 0.4) is 0 Å². The van der Waals surface area contributed by atoms with E-state index in [1.165, 1.54) is 0 Å². The van der Waals surface area contributed by atoms with Crippen molar-refractivity contribution in [3.8, 4) is 0 Å². The van der Waals surface area contributed by atoms with Gasteiger partial charge in [0.15, 0.2) is 0 Å². The van der Waals surface area contributed by atoms with E-state index in [0.717, 1.165) is 12.8 Å². The molecule has 55 valence electrons. The molecule has 1 radical (unpaired) electrons. The molecule has 0 aromatic rings. The molecular weight excluding hydrogens is 128 g/mol. The molecule has 1 atom stereocenters. The lowest BCUT2D eigenvalue weighted by molar-refractivity contribution is 0.427. The molecule has 0 aliphatic carbocycles. The van der Waals surface area contributed by atoms with Gasteiger partial charge >= 0.3 is 0 Å². The highest BCUT2D eigenvalue weighted by Gasteiger charge is 2.24. The number of hydrogen-bond acceptors (Lipinski definition) is 1. The van der Waals surface area contributed by atoms with Crippen molar-refractivity contribution in [2.45, 2.75) is 38.4 Å². The number of thiol groups is 1. The molecule has 0 saturated carbocycles. The Kier molecular flexibility index (Phi) is 3.64. The van der Waals surface area contributed by atoms with Crippen LogP contribution < -0.4 is 0 Å². The Labute approximate surface area is 64.4 Å². The Balaban J connectivity index is 3.92. The highest BCUT2D eigenvalue weighted by Crippen LogP contribution is 2.31. The van der Waals surface area contributed by atoms with E-state index < -0.39 is 0 Å². The fourth-order valence-corrected chi connectivity index (χ4v) is 0.874. The molecular formula is C8H17S. The van der Waals surface area contributed by atoms with Crippen molar-refractivity contribution in [1.82, 2.24) is 0 Å². The first-order valence-electron chi connectivity index (χ1n) is 3.58. The predicted octanol–water partition coefficient (Wildman–Crippen LogP) is 2.95. The summed E-state index contributed by atoms with van der Waals surface area (Å²) < 4.78 is 0.167. The number of hydrogen-bond donors (Lipinski definition) is 1. The first-order chi connectivity index (χ1) is 4.06. The Hall–Kier alpha value is 0.350. The van der Waals surface area contributed by atoms with E-state index in [1.807, 2.05) is 0 Å². The van der Waals surface area contributed by atoms with Crippen LogP contribution in [0.25, 0.3) is 0 Å². The molecule has 0 aliphatic heterocycles. The smallest absolute Gasteiger partial charge is 0.0150 e. The van der Waals surface area contributed by atoms with Crippen molar-refractivity contribution in [1.29, 1.82) is 0 Å². The minimum atomic E-state index is 0.167. The van der Waals surface area contributed by atoms with E-state index in [1.54, 1.807) is 0 Å². The molecule has 0 nitrogen and oxygen atoms in total. The predicted molar refractivity (Wildman–Crippen MR) is 46.8 cm³/mol. The van der Waals surface area contributed by atoms with Crippen molar-refractivity contribution in [2.75, 3.05) is 0 Å². The summed E-state index contributed by atoms with van der Waals surface area (Å²) in [6.45, 7) is 10.4. The average molecular weight is 145 g/mol. The van der Waals surface area contributed by atoms with E-state index in [0.29, 0.717) is 5.92 Å². The van der Waals surface area contributed by atoms with E-state index in [4.69, 9.17) is 0 Å². The summed E-state index contributed by atoms with van der Waals surface area (Å²) >= 11 is 4.55. The first-order valence-corrected chi connectivity index (χ1v) is 4.03. The molecule has 0 heterocycles. The van der Waals surface area contributed by atoms with Gasteiger partial charge in [0.1, 0.15) is 0 Å². The largest absolute Gasteiger partial charge is 0.172 e. The van der Waals surface area contributed by atoms with Crippen LogP contribution in [0.1, 0.15) is 33.6 Å². The second-order valence-electron chi connectivity index (χ2n) is 2.86. The average Bonchev–Trinajstić information content (AvgIpc) is 1.86. The van der Waals surface area contributed by atoms with E-state index in [-0.39, 0.29) is 4.75 Å². The van der Waals surface area contributed by atoms with Crippen LogP contribution in [0.2, 0.25) is 0 Å². The van der Waals surface area contributed by atoms with Crippen molar-refractivity contribution >= 4 is 12.6 Å². The van der Waals surface area contributed by atoms with Crippen LogP contribution in [-0.2, 0) is 0 Å². The monoisotopic (exact) mass is 145 g/mol. The molecule has 0 spiro atoms. The molecule has 0 amide bonds. The molecule has 0 saturated heterocycles. The van der Waals surface area contributed by atoms with Gasteiger partial charge in [0.05, 0.1) is 0 Å². The van der Waals surface area contributed by atoms with E-state index in [2.05, 4.69) is 40.3 Å². The molecule has 0 aliphatic rings. The summed E-state index contributed by atoms with van der Waals surface area (Å²) in [6.07, 6.45) is 2.03. The fourth-order valence-electron chi connectivity index (χ4n) is 0.874. The Morgan fingerprint density at radius 3 is 2.00 bits per heavy atom. The van der Waals surface area contributed by atoms with Gasteiger partial charge in [0.25, 0.3) is 0 Å². The molecule has 0 aromatic carbocycles. The van der Waals surface area contributed by atoms with Crippen molar-refractivity contribution in [3.63, 3.8) is 0 Å². The molecule has 0 fully saturated rings. The van der Waals surface area contributed by atoms with Crippen molar-refractivity contribution in [3.05, 3.63) is 6.92 Å². The quantitative estimate of drug-likeness (QED) is 0.580. The lowest BCUT2D eigenvalue weighted by Gasteiger charge is -2.29. The van der Waals surface area contributed by atoms with E-state index >= 15 is 0 Å². The summed E-state index contributed by atoms with van der Waals surface area (Å²) in [4.78, 5) is 0. The second-order valence-corrected chi connectivity index (χ2v) is 3.75. The molecule has 1 unspecified atom stereocenters. The van der Waals surface area contributed by atoms with Crippen LogP contribution >= 0.6 is 12.6 Å². The molecule has 1 heteroatoms. The third kappa shape index (κ3) is 2.21. The van der Waals surface area contributed by atoms with E-state index in [9.17, 15) is 0 Å². The van der Waals surface area contributed by atoms with Gasteiger partial charge in [-0.05, 0) is 18.8 Å². The highest BCUT2D eigenvalue weighted by molar-refractivity contribution is 7.81. The highest BCUT2D eigenvalue weighted by atomic mass is 32.1. The third-order valence-corrected chi connectivity index (χ3v) is 3.18. The number of rotatable bonds is 3. The molecule has 0 bridgehead atoms. The molecule has 0 rings (SSSR count). The van der Waals surface area contributed by atoms with Gasteiger partial charge in [0.2, 0.25) is 0 Å². The van der Waals surface area contributed by atoms with Gasteiger partial charge in [-0.3, -0.25) is 0 Å². The van der Waals surface area contributed by atoms with Crippen LogP contribution in [0, 0.1) is 12.8 Å². The van der Waals surface area contributed by atoms with Gasteiger partial charge in [-0.1, -0.05) is 27.7 Å². The Morgan fingerprint density at radius 2 is 2.00 bits per heavy atom. The van der Waals surface area contributed by atoms with Gasteiger partial charge in [-0.25, -0.2) is 0 Å². The minimum absolute atomic E-state index is 0.167. The zero-order chi connectivity index (χ0) is 7.49. The normalized spacial score (nSPS) is 12.7. The zero-order valence-electron chi connectivity index (χ0n) is 6.65. The maximum atomic E-state index is 4.55. The van der Waals surface area contributed by atoms with Crippen molar-refractivity contribution in [2.24, 2.45) is 5.92 Å². The van der Waals surface area contributed by atoms with Crippen LogP contribution in [-0.4, -0.2) is 4.75 Å². The van der Waals surface area contributed by atoms with Crippen molar-refractivity contribution < 1.29 is 0 Å². The topological polar surface area (TPSA) is 0 Å². The Morgan fingerprint density at radius 1 is 1.56 bits per heavy atom. The summed E-state index contributed by atoms with van der Waals surface area (Å²) in [5, 5.41) is 0. The van der Waals surface area contributed by atoms with Crippen LogP contribution in [0.4, 0.5) is 0 Å². The van der Waals surface area contributed by atoms with Gasteiger partial charge < -0.3 is 0 Å². The Bertz CT molecular complexity index is 72.6. The maximum Gasteiger partial charge on any atom is 0.0150 e. The van der Waals surface area contributed by atoms with Crippen LogP contribution in [0.15, 0.2) is 0 Å². The molecule has 0 N–H and O–H groups in total. The first kappa shape index (κ1) is 9.35. The van der Waals surface area contributed by atoms with Gasteiger partial charge in [0, 0.05) is 4.75 Å². The summed E-state index contributed by atoms with van der Waals surface area (Å²) in [7, 11) is 0. The summed E-state index contributed by atoms with van der Waals surface area (Å²) in [6, 6.07) is 0. The lowest BCUT2D eigenvalue weighted by Crippen LogP contribution is -2.26. The standard InChI is InChI=1S/C8H17S/c1-5-8(9,6-2)7(3)4/h7,9H,1,5-6H2,2-4H3. The molecule has 0 aromatic heterocycles. The summed E-state index contributed by atoms with van der Waals surface area (Å²) in [5.74, 6) is 0.628. The van der Waals surface area contributed by atoms with Crippen LogP contribution in [0.5, 0.6) is 0 Å². The lowest BCUT2D eigenvalue weighted by atomic mass is 9.90. The summed E-state index contributed by atoms with van der Waals surface area (Å²) in [5.41, 5.74) is 0. The fraction of sp³-hybridized carbons (Fsp3) is 0.875. The zero-order valence-corrected chi connectivity index (χ0v) is 7.54.